The van der Waals surface area contributed by atoms with Crippen LogP contribution in [0.1, 0.15) is 31.9 Å². The zero-order chi connectivity index (χ0) is 17.7. The highest BCUT2D eigenvalue weighted by Crippen LogP contribution is 2.24. The molecular weight excluding hydrogens is 374 g/mol. The SMILES string of the molecule is COCCCNC(=O)Cn1nc(C(C)C)c2cc(Br)ccc2c1=O. The van der Waals surface area contributed by atoms with E-state index in [9.17, 15) is 9.59 Å². The Hall–Kier alpha value is -1.73. The fourth-order valence-electron chi connectivity index (χ4n) is 2.45. The lowest BCUT2D eigenvalue weighted by atomic mass is 10.0. The maximum atomic E-state index is 12.6. The third-order valence-electron chi connectivity index (χ3n) is 3.64. The number of amides is 1. The van der Waals surface area contributed by atoms with Gasteiger partial charge in [-0.2, -0.15) is 5.10 Å². The molecule has 0 bridgehead atoms. The maximum absolute atomic E-state index is 12.6. The largest absolute Gasteiger partial charge is 0.385 e. The van der Waals surface area contributed by atoms with Crippen LogP contribution in [0.5, 0.6) is 0 Å². The summed E-state index contributed by atoms with van der Waals surface area (Å²) in [6, 6.07) is 5.49. The molecule has 0 aliphatic rings. The van der Waals surface area contributed by atoms with Gasteiger partial charge in [-0.3, -0.25) is 9.59 Å². The number of rotatable bonds is 7. The standard InChI is InChI=1S/C17H22BrN3O3/c1-11(2)16-14-9-12(18)5-6-13(14)17(23)21(20-16)10-15(22)19-7-4-8-24-3/h5-6,9,11H,4,7-8,10H2,1-3H3,(H,19,22). The van der Waals surface area contributed by atoms with Crippen LogP contribution in [-0.4, -0.2) is 35.9 Å². The van der Waals surface area contributed by atoms with Gasteiger partial charge in [-0.1, -0.05) is 29.8 Å². The minimum absolute atomic E-state index is 0.0858. The second kappa shape index (κ2) is 8.39. The molecule has 0 saturated carbocycles. The van der Waals surface area contributed by atoms with E-state index in [-0.39, 0.29) is 23.9 Å². The summed E-state index contributed by atoms with van der Waals surface area (Å²) in [4.78, 5) is 24.7. The van der Waals surface area contributed by atoms with Crippen molar-refractivity contribution in [1.82, 2.24) is 15.1 Å². The Morgan fingerprint density at radius 1 is 1.38 bits per heavy atom. The number of halogens is 1. The van der Waals surface area contributed by atoms with Crippen molar-refractivity contribution in [2.24, 2.45) is 0 Å². The van der Waals surface area contributed by atoms with Crippen molar-refractivity contribution in [2.45, 2.75) is 32.7 Å². The molecule has 1 amide bonds. The first-order valence-corrected chi connectivity index (χ1v) is 8.69. The van der Waals surface area contributed by atoms with E-state index in [0.717, 1.165) is 22.0 Å². The van der Waals surface area contributed by atoms with Crippen LogP contribution in [0.4, 0.5) is 0 Å². The van der Waals surface area contributed by atoms with Gasteiger partial charge in [0.05, 0.1) is 11.1 Å². The van der Waals surface area contributed by atoms with Crippen LogP contribution in [0.2, 0.25) is 0 Å². The van der Waals surface area contributed by atoms with Gasteiger partial charge >= 0.3 is 0 Å². The van der Waals surface area contributed by atoms with Gasteiger partial charge in [0.1, 0.15) is 6.54 Å². The summed E-state index contributed by atoms with van der Waals surface area (Å²) in [5, 5.41) is 8.59. The third kappa shape index (κ3) is 4.42. The average Bonchev–Trinajstić information content (AvgIpc) is 2.53. The summed E-state index contributed by atoms with van der Waals surface area (Å²) in [7, 11) is 1.62. The van der Waals surface area contributed by atoms with E-state index < -0.39 is 0 Å². The van der Waals surface area contributed by atoms with Crippen LogP contribution in [0, 0.1) is 0 Å². The van der Waals surface area contributed by atoms with E-state index in [1.165, 1.54) is 4.68 Å². The van der Waals surface area contributed by atoms with Crippen molar-refractivity contribution in [3.05, 3.63) is 38.7 Å². The van der Waals surface area contributed by atoms with Gasteiger partial charge in [0.15, 0.2) is 0 Å². The van der Waals surface area contributed by atoms with Crippen LogP contribution in [0.25, 0.3) is 10.8 Å². The van der Waals surface area contributed by atoms with Crippen LogP contribution in [0.3, 0.4) is 0 Å². The average molecular weight is 396 g/mol. The summed E-state index contributed by atoms with van der Waals surface area (Å²) < 4.78 is 7.08. The van der Waals surface area contributed by atoms with E-state index in [2.05, 4.69) is 26.3 Å². The predicted octanol–water partition coefficient (Wildman–Crippen LogP) is 2.44. The molecule has 0 atom stereocenters. The lowest BCUT2D eigenvalue weighted by molar-refractivity contribution is -0.121. The van der Waals surface area contributed by atoms with Gasteiger partial charge in [-0.15, -0.1) is 0 Å². The Bertz CT molecular complexity index is 786. The number of aromatic nitrogens is 2. The topological polar surface area (TPSA) is 73.2 Å². The van der Waals surface area contributed by atoms with Crippen LogP contribution in [0.15, 0.2) is 27.5 Å². The summed E-state index contributed by atoms with van der Waals surface area (Å²) in [6.45, 7) is 5.04. The number of methoxy groups -OCH3 is 1. The Balaban J connectivity index is 2.31. The number of nitrogens with one attached hydrogen (secondary N) is 1. The van der Waals surface area contributed by atoms with E-state index >= 15 is 0 Å². The number of benzene rings is 1. The second-order valence-corrected chi connectivity index (χ2v) is 6.80. The Morgan fingerprint density at radius 3 is 2.79 bits per heavy atom. The first-order valence-electron chi connectivity index (χ1n) is 7.90. The number of nitrogens with zero attached hydrogens (tertiary/aromatic N) is 2. The molecule has 1 aromatic heterocycles. The Kier molecular flexibility index (Phi) is 6.51. The van der Waals surface area contributed by atoms with Crippen molar-refractivity contribution in [3.8, 4) is 0 Å². The first kappa shape index (κ1) is 18.6. The van der Waals surface area contributed by atoms with Gasteiger partial charge in [0.25, 0.3) is 5.56 Å². The van der Waals surface area contributed by atoms with Gasteiger partial charge < -0.3 is 10.1 Å². The molecule has 2 rings (SSSR count). The number of ether oxygens (including phenoxy) is 1. The lowest BCUT2D eigenvalue weighted by Gasteiger charge is -2.13. The zero-order valence-corrected chi connectivity index (χ0v) is 15.7. The second-order valence-electron chi connectivity index (χ2n) is 5.89. The molecule has 0 spiro atoms. The molecule has 1 aromatic carbocycles. The molecule has 24 heavy (non-hydrogen) atoms. The van der Waals surface area contributed by atoms with Crippen molar-refractivity contribution >= 4 is 32.6 Å². The molecule has 0 saturated heterocycles. The van der Waals surface area contributed by atoms with Crippen LogP contribution in [-0.2, 0) is 16.1 Å². The molecule has 1 heterocycles. The molecule has 2 aromatic rings. The minimum Gasteiger partial charge on any atom is -0.385 e. The van der Waals surface area contributed by atoms with Gasteiger partial charge in [0, 0.05) is 30.1 Å². The number of carbonyl (C=O) groups is 1. The van der Waals surface area contributed by atoms with Crippen LogP contribution >= 0.6 is 15.9 Å². The highest BCUT2D eigenvalue weighted by atomic mass is 79.9. The van der Waals surface area contributed by atoms with Gasteiger partial charge in [-0.25, -0.2) is 4.68 Å². The van der Waals surface area contributed by atoms with E-state index in [1.54, 1.807) is 13.2 Å². The first-order chi connectivity index (χ1) is 11.4. The summed E-state index contributed by atoms with van der Waals surface area (Å²) in [6.07, 6.45) is 0.730. The van der Waals surface area contributed by atoms with E-state index in [1.807, 2.05) is 26.0 Å². The molecule has 1 N–H and O–H groups in total. The molecule has 0 aliphatic carbocycles. The molecule has 7 heteroatoms. The number of fused-ring (bicyclic) bond motifs is 1. The summed E-state index contributed by atoms with van der Waals surface area (Å²) in [5.41, 5.74) is 0.548. The number of hydrogen-bond acceptors (Lipinski definition) is 4. The van der Waals surface area contributed by atoms with Crippen molar-refractivity contribution in [2.75, 3.05) is 20.3 Å². The predicted molar refractivity (Wildman–Crippen MR) is 97.3 cm³/mol. The normalized spacial score (nSPS) is 11.2. The molecule has 6 nitrogen and oxygen atoms in total. The van der Waals surface area contributed by atoms with Crippen molar-refractivity contribution in [3.63, 3.8) is 0 Å². The van der Waals surface area contributed by atoms with Gasteiger partial charge in [-0.05, 0) is 30.5 Å². The lowest BCUT2D eigenvalue weighted by Crippen LogP contribution is -2.35. The molecule has 0 aliphatic heterocycles. The zero-order valence-electron chi connectivity index (χ0n) is 14.1. The Morgan fingerprint density at radius 2 is 2.12 bits per heavy atom. The van der Waals surface area contributed by atoms with Crippen molar-refractivity contribution < 1.29 is 9.53 Å². The highest BCUT2D eigenvalue weighted by Gasteiger charge is 2.15. The van der Waals surface area contributed by atoms with Gasteiger partial charge in [0.2, 0.25) is 5.91 Å². The maximum Gasteiger partial charge on any atom is 0.275 e. The molecule has 0 radical (unpaired) electrons. The molecule has 0 unspecified atom stereocenters. The van der Waals surface area contributed by atoms with E-state index in [4.69, 9.17) is 4.74 Å². The molecular formula is C17H22BrN3O3. The Labute approximate surface area is 149 Å². The summed E-state index contributed by atoms with van der Waals surface area (Å²) >= 11 is 3.43. The number of hydrogen-bond donors (Lipinski definition) is 1. The smallest absolute Gasteiger partial charge is 0.275 e. The fourth-order valence-corrected chi connectivity index (χ4v) is 2.81. The molecule has 0 fully saturated rings. The third-order valence-corrected chi connectivity index (χ3v) is 4.13. The summed E-state index contributed by atoms with van der Waals surface area (Å²) in [5.74, 6) is -0.0923. The molecule has 130 valence electrons. The van der Waals surface area contributed by atoms with Crippen molar-refractivity contribution in [1.29, 1.82) is 0 Å². The fraction of sp³-hybridized carbons (Fsp3) is 0.471. The number of carbonyl (C=O) groups excluding carboxylic acids is 1. The van der Waals surface area contributed by atoms with Crippen LogP contribution < -0.4 is 10.9 Å². The monoisotopic (exact) mass is 395 g/mol. The van der Waals surface area contributed by atoms with E-state index in [0.29, 0.717) is 18.5 Å². The minimum atomic E-state index is -0.256. The quantitative estimate of drug-likeness (QED) is 0.730. The highest BCUT2D eigenvalue weighted by molar-refractivity contribution is 9.10.